The molecule has 0 spiro atoms. The number of aromatic nitrogens is 2. The van der Waals surface area contributed by atoms with Crippen molar-refractivity contribution in [3.63, 3.8) is 0 Å². The Kier molecular flexibility index (Phi) is 6.93. The maximum atomic E-state index is 11.9. The van der Waals surface area contributed by atoms with Crippen molar-refractivity contribution in [3.05, 3.63) is 96.8 Å². The molecule has 3 aromatic carbocycles. The van der Waals surface area contributed by atoms with Crippen LogP contribution in [0, 0.1) is 11.8 Å². The summed E-state index contributed by atoms with van der Waals surface area (Å²) in [4.78, 5) is 20.8. The monoisotopic (exact) mass is 488 g/mol. The normalized spacial score (nSPS) is 11.4. The number of furan rings is 1. The van der Waals surface area contributed by atoms with Gasteiger partial charge in [0.2, 0.25) is 5.71 Å². The third-order valence-electron chi connectivity index (χ3n) is 5.89. The zero-order chi connectivity index (χ0) is 25.6. The summed E-state index contributed by atoms with van der Waals surface area (Å²) in [5.74, 6) is 5.89. The van der Waals surface area contributed by atoms with Crippen LogP contribution in [0.1, 0.15) is 18.5 Å². The smallest absolute Gasteiger partial charge is 0.300 e. The summed E-state index contributed by atoms with van der Waals surface area (Å²) in [7, 11) is 0. The first kappa shape index (κ1) is 23.8. The number of hydrogen-bond donors (Lipinski definition) is 3. The molecule has 2 aromatic heterocycles. The summed E-state index contributed by atoms with van der Waals surface area (Å²) in [6.45, 7) is 1.49. The topological polar surface area (TPSA) is 100 Å². The molecule has 3 N–H and O–H groups in total. The largest absolute Gasteiger partial charge is 0.437 e. The van der Waals surface area contributed by atoms with E-state index in [0.717, 1.165) is 22.3 Å². The molecular formula is C30H24N4O3. The fraction of sp³-hybridized carbons (Fsp3) is 0.100. The molecule has 0 radical (unpaired) electrons. The van der Waals surface area contributed by atoms with E-state index in [4.69, 9.17) is 4.42 Å². The molecule has 0 bridgehead atoms. The number of fused-ring (bicyclic) bond motifs is 1. The Morgan fingerprint density at radius 2 is 1.65 bits per heavy atom. The summed E-state index contributed by atoms with van der Waals surface area (Å²) in [5.41, 5.74) is 4.53. The molecule has 1 atom stereocenters. The Bertz CT molecular complexity index is 1590. The third kappa shape index (κ3) is 5.06. The van der Waals surface area contributed by atoms with Crippen molar-refractivity contribution >= 4 is 28.5 Å². The van der Waals surface area contributed by atoms with Crippen LogP contribution in [0.5, 0.6) is 0 Å². The molecule has 5 aromatic rings. The van der Waals surface area contributed by atoms with Crippen LogP contribution < -0.4 is 10.6 Å². The number of rotatable bonds is 7. The van der Waals surface area contributed by atoms with Crippen molar-refractivity contribution in [1.82, 2.24) is 9.97 Å². The number of nitrogens with zero attached hydrogens (tertiary/aromatic N) is 2. The summed E-state index contributed by atoms with van der Waals surface area (Å²) < 4.78 is 6.29. The van der Waals surface area contributed by atoms with Crippen LogP contribution in [0.3, 0.4) is 0 Å². The Hall–Kier alpha value is -4.93. The Balaban J connectivity index is 1.64. The lowest BCUT2D eigenvalue weighted by atomic mass is 9.98. The second-order valence-corrected chi connectivity index (χ2v) is 8.27. The molecule has 0 fully saturated rings. The first-order chi connectivity index (χ1) is 18.2. The van der Waals surface area contributed by atoms with Crippen molar-refractivity contribution in [2.75, 3.05) is 17.2 Å². The number of aliphatic hydroxyl groups excluding tert-OH is 1. The lowest BCUT2D eigenvalue weighted by molar-refractivity contribution is -0.111. The number of amides is 1. The Morgan fingerprint density at radius 3 is 2.32 bits per heavy atom. The average Bonchev–Trinajstić information content (AvgIpc) is 3.34. The lowest BCUT2D eigenvalue weighted by Gasteiger charge is -2.18. The fourth-order valence-corrected chi connectivity index (χ4v) is 4.19. The maximum absolute atomic E-state index is 11.9. The second kappa shape index (κ2) is 10.8. The van der Waals surface area contributed by atoms with E-state index >= 15 is 0 Å². The van der Waals surface area contributed by atoms with E-state index < -0.39 is 0 Å². The third-order valence-corrected chi connectivity index (χ3v) is 5.89. The minimum atomic E-state index is -0.375. The molecule has 7 nitrogen and oxygen atoms in total. The van der Waals surface area contributed by atoms with Crippen LogP contribution in [0.25, 0.3) is 33.6 Å². The van der Waals surface area contributed by atoms with Gasteiger partial charge in [-0.15, -0.1) is 0 Å². The van der Waals surface area contributed by atoms with Crippen LogP contribution in [-0.4, -0.2) is 27.6 Å². The fourth-order valence-electron chi connectivity index (χ4n) is 4.19. The van der Waals surface area contributed by atoms with Crippen LogP contribution in [-0.2, 0) is 4.79 Å². The van der Waals surface area contributed by atoms with Crippen LogP contribution in [0.4, 0.5) is 11.5 Å². The first-order valence-corrected chi connectivity index (χ1v) is 11.8. The Labute approximate surface area is 214 Å². The number of aliphatic hydroxyl groups is 1. The van der Waals surface area contributed by atoms with Gasteiger partial charge in [0.1, 0.15) is 17.9 Å². The zero-order valence-corrected chi connectivity index (χ0v) is 20.1. The van der Waals surface area contributed by atoms with Crippen LogP contribution in [0.15, 0.2) is 95.7 Å². The van der Waals surface area contributed by atoms with Gasteiger partial charge in [-0.1, -0.05) is 78.7 Å². The molecule has 0 saturated carbocycles. The molecule has 5 rings (SSSR count). The summed E-state index contributed by atoms with van der Waals surface area (Å²) in [6, 6.07) is 26.5. The van der Waals surface area contributed by atoms with E-state index in [1.54, 1.807) is 6.92 Å². The highest BCUT2D eigenvalue weighted by atomic mass is 16.3. The zero-order valence-electron chi connectivity index (χ0n) is 20.1. The van der Waals surface area contributed by atoms with Gasteiger partial charge in [0.15, 0.2) is 0 Å². The van der Waals surface area contributed by atoms with E-state index in [-0.39, 0.29) is 18.6 Å². The van der Waals surface area contributed by atoms with Gasteiger partial charge in [-0.3, -0.25) is 4.79 Å². The van der Waals surface area contributed by atoms with Crippen molar-refractivity contribution in [2.45, 2.75) is 13.0 Å². The van der Waals surface area contributed by atoms with E-state index in [2.05, 4.69) is 32.4 Å². The number of hydrogen-bond acceptors (Lipinski definition) is 6. The van der Waals surface area contributed by atoms with E-state index in [0.29, 0.717) is 28.4 Å². The number of carbonyl (C=O) groups is 1. The molecule has 1 amide bonds. The second-order valence-electron chi connectivity index (χ2n) is 8.27. The number of benzene rings is 3. The molecule has 0 aliphatic carbocycles. The SMILES string of the molecule is CC#CC(=O)Nc1ccc(-c2c(-c3ccccc3)oc3ncnc(N[C@H](CO)c4ccccc4)c23)cc1. The van der Waals surface area contributed by atoms with Gasteiger partial charge in [0, 0.05) is 16.8 Å². The van der Waals surface area contributed by atoms with Gasteiger partial charge in [0.05, 0.1) is 18.0 Å². The highest BCUT2D eigenvalue weighted by Gasteiger charge is 2.23. The molecule has 0 unspecified atom stereocenters. The average molecular weight is 489 g/mol. The molecule has 0 aliphatic rings. The highest BCUT2D eigenvalue weighted by Crippen LogP contribution is 2.43. The van der Waals surface area contributed by atoms with E-state index in [1.807, 2.05) is 84.9 Å². The molecule has 182 valence electrons. The summed E-state index contributed by atoms with van der Waals surface area (Å²) >= 11 is 0. The summed E-state index contributed by atoms with van der Waals surface area (Å²) in [6.07, 6.45) is 1.44. The maximum Gasteiger partial charge on any atom is 0.300 e. The van der Waals surface area contributed by atoms with Crippen molar-refractivity contribution in [1.29, 1.82) is 0 Å². The van der Waals surface area contributed by atoms with Gasteiger partial charge >= 0.3 is 0 Å². The van der Waals surface area contributed by atoms with Gasteiger partial charge in [0.25, 0.3) is 5.91 Å². The van der Waals surface area contributed by atoms with Crippen molar-refractivity contribution < 1.29 is 14.3 Å². The van der Waals surface area contributed by atoms with Gasteiger partial charge < -0.3 is 20.2 Å². The predicted octanol–water partition coefficient (Wildman–Crippen LogP) is 5.66. The standard InChI is InChI=1S/C30H24N4O3/c1-2-9-25(36)33-23-16-14-21(15-17-23)26-27-29(34-24(18-35)20-10-5-3-6-11-20)31-19-32-30(27)37-28(26)22-12-7-4-8-13-22/h3-8,10-17,19,24,35H,18H2,1H3,(H,33,36)(H,31,32,34)/t24-/m1/s1. The summed E-state index contributed by atoms with van der Waals surface area (Å²) in [5, 5.41) is 17.0. The number of anilines is 2. The molecular weight excluding hydrogens is 464 g/mol. The number of carbonyl (C=O) groups excluding carboxylic acids is 1. The van der Waals surface area contributed by atoms with E-state index in [9.17, 15) is 9.90 Å². The minimum Gasteiger partial charge on any atom is -0.437 e. The molecule has 0 aliphatic heterocycles. The minimum absolute atomic E-state index is 0.122. The Morgan fingerprint density at radius 1 is 0.946 bits per heavy atom. The molecule has 2 heterocycles. The van der Waals surface area contributed by atoms with Gasteiger partial charge in [-0.2, -0.15) is 0 Å². The van der Waals surface area contributed by atoms with Crippen molar-refractivity contribution in [2.24, 2.45) is 0 Å². The first-order valence-electron chi connectivity index (χ1n) is 11.8. The molecule has 0 saturated heterocycles. The van der Waals surface area contributed by atoms with Gasteiger partial charge in [-0.25, -0.2) is 9.97 Å². The van der Waals surface area contributed by atoms with Crippen LogP contribution in [0.2, 0.25) is 0 Å². The van der Waals surface area contributed by atoms with E-state index in [1.165, 1.54) is 6.33 Å². The van der Waals surface area contributed by atoms with Gasteiger partial charge in [-0.05, 0) is 36.1 Å². The lowest BCUT2D eigenvalue weighted by Crippen LogP contribution is -2.15. The molecule has 7 heteroatoms. The predicted molar refractivity (Wildman–Crippen MR) is 145 cm³/mol. The van der Waals surface area contributed by atoms with Crippen LogP contribution >= 0.6 is 0 Å². The number of nitrogens with one attached hydrogen (secondary N) is 2. The van der Waals surface area contributed by atoms with Crippen molar-refractivity contribution in [3.8, 4) is 34.3 Å². The highest BCUT2D eigenvalue weighted by molar-refractivity contribution is 6.07. The quantitative estimate of drug-likeness (QED) is 0.256. The molecule has 37 heavy (non-hydrogen) atoms.